The van der Waals surface area contributed by atoms with Crippen LogP contribution in [0.3, 0.4) is 0 Å². The SMILES string of the molecule is OC1C2CCC1C1C=CC2O1. The Morgan fingerprint density at radius 2 is 1.64 bits per heavy atom. The molecule has 1 saturated carbocycles. The summed E-state index contributed by atoms with van der Waals surface area (Å²) in [6.45, 7) is 0. The van der Waals surface area contributed by atoms with Crippen molar-refractivity contribution in [1.82, 2.24) is 0 Å². The zero-order chi connectivity index (χ0) is 7.42. The number of ether oxygens (including phenoxy) is 1. The summed E-state index contributed by atoms with van der Waals surface area (Å²) in [5.74, 6) is 0.796. The van der Waals surface area contributed by atoms with E-state index in [0.717, 1.165) is 12.8 Å². The Morgan fingerprint density at radius 1 is 1.09 bits per heavy atom. The Bertz CT molecular complexity index is 192. The first-order valence-electron chi connectivity index (χ1n) is 4.38. The van der Waals surface area contributed by atoms with E-state index < -0.39 is 0 Å². The van der Waals surface area contributed by atoms with Gasteiger partial charge in [-0.2, -0.15) is 0 Å². The third-order valence-corrected chi connectivity index (χ3v) is 3.36. The van der Waals surface area contributed by atoms with E-state index in [0.29, 0.717) is 11.8 Å². The molecule has 1 saturated heterocycles. The second-order valence-electron chi connectivity index (χ2n) is 3.85. The first kappa shape index (κ1) is 6.21. The molecule has 0 amide bonds. The van der Waals surface area contributed by atoms with Crippen molar-refractivity contribution >= 4 is 0 Å². The summed E-state index contributed by atoms with van der Waals surface area (Å²) >= 11 is 0. The number of hydrogen-bond acceptors (Lipinski definition) is 2. The van der Waals surface area contributed by atoms with E-state index in [-0.39, 0.29) is 18.3 Å². The van der Waals surface area contributed by atoms with Crippen LogP contribution in [0.25, 0.3) is 0 Å². The zero-order valence-corrected chi connectivity index (χ0v) is 6.31. The summed E-state index contributed by atoms with van der Waals surface area (Å²) < 4.78 is 5.68. The topological polar surface area (TPSA) is 29.5 Å². The van der Waals surface area contributed by atoms with Gasteiger partial charge in [0.15, 0.2) is 0 Å². The Kier molecular flexibility index (Phi) is 1.06. The van der Waals surface area contributed by atoms with Gasteiger partial charge in [-0.05, 0) is 12.8 Å². The standard InChI is InChI=1S/C9H12O2/c10-9-5-1-2-6(9)8-4-3-7(5)11-8/h3-10H,1-2H2. The maximum absolute atomic E-state index is 9.77. The molecule has 0 aromatic heterocycles. The quantitative estimate of drug-likeness (QED) is 0.518. The van der Waals surface area contributed by atoms with Crippen LogP contribution < -0.4 is 0 Å². The summed E-state index contributed by atoms with van der Waals surface area (Å²) in [7, 11) is 0. The van der Waals surface area contributed by atoms with Crippen LogP contribution in [0.4, 0.5) is 0 Å². The summed E-state index contributed by atoms with van der Waals surface area (Å²) in [6, 6.07) is 0. The summed E-state index contributed by atoms with van der Waals surface area (Å²) in [5, 5.41) is 9.77. The lowest BCUT2D eigenvalue weighted by atomic mass is 9.93. The maximum Gasteiger partial charge on any atom is 0.0817 e. The highest BCUT2D eigenvalue weighted by Crippen LogP contribution is 2.46. The molecule has 2 aliphatic heterocycles. The molecule has 4 unspecified atom stereocenters. The Balaban J connectivity index is 2.02. The van der Waals surface area contributed by atoms with E-state index >= 15 is 0 Å². The van der Waals surface area contributed by atoms with Crippen LogP contribution in [0.5, 0.6) is 0 Å². The molecule has 2 fully saturated rings. The molecule has 1 N–H and O–H groups in total. The van der Waals surface area contributed by atoms with Gasteiger partial charge in [0.25, 0.3) is 0 Å². The van der Waals surface area contributed by atoms with Gasteiger partial charge >= 0.3 is 0 Å². The number of fused-ring (bicyclic) bond motifs is 6. The van der Waals surface area contributed by atoms with Gasteiger partial charge in [0.1, 0.15) is 0 Å². The van der Waals surface area contributed by atoms with Crippen molar-refractivity contribution in [1.29, 1.82) is 0 Å². The van der Waals surface area contributed by atoms with Crippen molar-refractivity contribution in [2.45, 2.75) is 31.2 Å². The summed E-state index contributed by atoms with van der Waals surface area (Å²) in [4.78, 5) is 0. The Morgan fingerprint density at radius 3 is 2.18 bits per heavy atom. The molecule has 4 atom stereocenters. The molecular weight excluding hydrogens is 140 g/mol. The van der Waals surface area contributed by atoms with Crippen LogP contribution >= 0.6 is 0 Å². The molecule has 0 aromatic rings. The van der Waals surface area contributed by atoms with Gasteiger partial charge in [-0.1, -0.05) is 12.2 Å². The minimum atomic E-state index is -0.0891. The van der Waals surface area contributed by atoms with Gasteiger partial charge in [0, 0.05) is 11.8 Å². The highest BCUT2D eigenvalue weighted by atomic mass is 16.5. The number of hydrogen-bond donors (Lipinski definition) is 1. The number of rotatable bonds is 0. The van der Waals surface area contributed by atoms with Crippen LogP contribution in [0, 0.1) is 11.8 Å². The summed E-state index contributed by atoms with van der Waals surface area (Å²) in [5.41, 5.74) is 0. The van der Waals surface area contributed by atoms with Gasteiger partial charge in [-0.25, -0.2) is 0 Å². The molecule has 0 radical (unpaired) electrons. The van der Waals surface area contributed by atoms with E-state index in [1.54, 1.807) is 0 Å². The second kappa shape index (κ2) is 1.87. The van der Waals surface area contributed by atoms with E-state index in [4.69, 9.17) is 4.74 Å². The van der Waals surface area contributed by atoms with E-state index in [1.165, 1.54) is 0 Å². The molecule has 4 bridgehead atoms. The van der Waals surface area contributed by atoms with Crippen LogP contribution in [0.15, 0.2) is 12.2 Å². The first-order chi connectivity index (χ1) is 5.36. The predicted molar refractivity (Wildman–Crippen MR) is 40.0 cm³/mol. The minimum absolute atomic E-state index is 0.0891. The highest BCUT2D eigenvalue weighted by molar-refractivity contribution is 5.15. The van der Waals surface area contributed by atoms with Gasteiger partial charge in [0.05, 0.1) is 18.3 Å². The van der Waals surface area contributed by atoms with E-state index in [1.807, 2.05) is 0 Å². The van der Waals surface area contributed by atoms with Crippen LogP contribution in [-0.2, 0) is 4.74 Å². The van der Waals surface area contributed by atoms with E-state index in [9.17, 15) is 5.11 Å². The molecular formula is C9H12O2. The van der Waals surface area contributed by atoms with Crippen LogP contribution in [0.2, 0.25) is 0 Å². The molecule has 0 aromatic carbocycles. The van der Waals surface area contributed by atoms with Gasteiger partial charge < -0.3 is 9.84 Å². The second-order valence-corrected chi connectivity index (χ2v) is 3.85. The Labute approximate surface area is 65.9 Å². The monoisotopic (exact) mass is 152 g/mol. The molecule has 2 heterocycles. The number of aliphatic hydroxyl groups is 1. The molecule has 3 rings (SSSR count). The molecule has 3 aliphatic rings. The fourth-order valence-electron chi connectivity index (χ4n) is 2.74. The van der Waals surface area contributed by atoms with Crippen LogP contribution in [-0.4, -0.2) is 23.4 Å². The lowest BCUT2D eigenvalue weighted by Crippen LogP contribution is -2.40. The van der Waals surface area contributed by atoms with Gasteiger partial charge in [0.2, 0.25) is 0 Å². The zero-order valence-electron chi connectivity index (χ0n) is 6.31. The third kappa shape index (κ3) is 0.644. The molecule has 11 heavy (non-hydrogen) atoms. The normalized spacial score (nSPS) is 58.8. The molecule has 2 heteroatoms. The maximum atomic E-state index is 9.77. The number of aliphatic hydroxyl groups excluding tert-OH is 1. The average Bonchev–Trinajstić information content (AvgIpc) is 2.42. The average molecular weight is 152 g/mol. The molecule has 1 aliphatic carbocycles. The van der Waals surface area contributed by atoms with Crippen molar-refractivity contribution in [2.75, 3.05) is 0 Å². The molecule has 0 spiro atoms. The van der Waals surface area contributed by atoms with Crippen molar-refractivity contribution in [3.8, 4) is 0 Å². The van der Waals surface area contributed by atoms with Crippen molar-refractivity contribution in [3.63, 3.8) is 0 Å². The van der Waals surface area contributed by atoms with Crippen molar-refractivity contribution < 1.29 is 9.84 Å². The summed E-state index contributed by atoms with van der Waals surface area (Å²) in [6.07, 6.45) is 6.92. The lowest BCUT2D eigenvalue weighted by Gasteiger charge is -2.32. The highest BCUT2D eigenvalue weighted by Gasteiger charge is 2.50. The fraction of sp³-hybridized carbons (Fsp3) is 0.778. The van der Waals surface area contributed by atoms with E-state index in [2.05, 4.69) is 12.2 Å². The van der Waals surface area contributed by atoms with Crippen molar-refractivity contribution in [2.24, 2.45) is 11.8 Å². The molecule has 2 nitrogen and oxygen atoms in total. The predicted octanol–water partition coefficient (Wildman–Crippen LogP) is 0.711. The minimum Gasteiger partial charge on any atom is -0.392 e. The van der Waals surface area contributed by atoms with Gasteiger partial charge in [-0.3, -0.25) is 0 Å². The first-order valence-corrected chi connectivity index (χ1v) is 4.38. The lowest BCUT2D eigenvalue weighted by molar-refractivity contribution is -0.0961. The van der Waals surface area contributed by atoms with Gasteiger partial charge in [-0.15, -0.1) is 0 Å². The molecule has 60 valence electrons. The van der Waals surface area contributed by atoms with Crippen LogP contribution in [0.1, 0.15) is 12.8 Å². The Hall–Kier alpha value is -0.340. The fourth-order valence-corrected chi connectivity index (χ4v) is 2.74. The third-order valence-electron chi connectivity index (χ3n) is 3.36. The largest absolute Gasteiger partial charge is 0.392 e. The smallest absolute Gasteiger partial charge is 0.0817 e. The van der Waals surface area contributed by atoms with Crippen molar-refractivity contribution in [3.05, 3.63) is 12.2 Å².